The average Bonchev–Trinajstić information content (AvgIpc) is 2.25. The Balaban J connectivity index is 2.21. The lowest BCUT2D eigenvalue weighted by Crippen LogP contribution is -2.52. The van der Waals surface area contributed by atoms with E-state index in [0.717, 1.165) is 19.4 Å². The smallest absolute Gasteiger partial charge is 0.242 e. The number of carbonyl (C=O) groups is 2. The van der Waals surface area contributed by atoms with E-state index in [1.165, 1.54) is 24.2 Å². The molecule has 0 unspecified atom stereocenters. The third-order valence-corrected chi connectivity index (χ3v) is 3.01. The van der Waals surface area contributed by atoms with Crippen LogP contribution in [0.15, 0.2) is 0 Å². The van der Waals surface area contributed by atoms with Crippen molar-refractivity contribution < 1.29 is 9.59 Å². The maximum Gasteiger partial charge on any atom is 0.242 e. The van der Waals surface area contributed by atoms with Gasteiger partial charge < -0.3 is 9.80 Å². The van der Waals surface area contributed by atoms with Crippen molar-refractivity contribution in [1.82, 2.24) is 9.80 Å². The molecule has 1 rings (SSSR count). The largest absolute Gasteiger partial charge is 0.335 e. The zero-order valence-corrected chi connectivity index (χ0v) is 10.4. The molecule has 0 N–H and O–H groups in total. The Morgan fingerprint density at radius 3 is 2.38 bits per heavy atom. The second kappa shape index (κ2) is 6.51. The van der Waals surface area contributed by atoms with Gasteiger partial charge in [-0.15, -0.1) is 0 Å². The number of amides is 2. The quantitative estimate of drug-likeness (QED) is 0.640. The molecule has 0 spiro atoms. The van der Waals surface area contributed by atoms with Crippen molar-refractivity contribution in [2.45, 2.75) is 39.0 Å². The molecule has 0 aromatic rings. The molecule has 0 bridgehead atoms. The summed E-state index contributed by atoms with van der Waals surface area (Å²) in [5.41, 5.74) is 0. The number of carbonyl (C=O) groups excluding carboxylic acids is 2. The molecule has 0 saturated carbocycles. The normalized spacial score (nSPS) is 17.1. The number of nitrogens with zero attached hydrogens (tertiary/aromatic N) is 2. The van der Waals surface area contributed by atoms with Crippen molar-refractivity contribution in [2.75, 3.05) is 26.7 Å². The van der Waals surface area contributed by atoms with Crippen LogP contribution in [0.4, 0.5) is 0 Å². The van der Waals surface area contributed by atoms with Crippen LogP contribution in [0.5, 0.6) is 0 Å². The zero-order valence-electron chi connectivity index (χ0n) is 10.4. The van der Waals surface area contributed by atoms with Crippen LogP contribution in [-0.4, -0.2) is 48.3 Å². The molecule has 1 aliphatic rings. The van der Waals surface area contributed by atoms with E-state index in [2.05, 4.69) is 6.92 Å². The van der Waals surface area contributed by atoms with Gasteiger partial charge in [-0.25, -0.2) is 0 Å². The van der Waals surface area contributed by atoms with Crippen LogP contribution in [0.3, 0.4) is 0 Å². The van der Waals surface area contributed by atoms with Gasteiger partial charge in [-0.05, 0) is 6.42 Å². The molecule has 0 radical (unpaired) electrons. The molecule has 2 amide bonds. The lowest BCUT2D eigenvalue weighted by atomic mass is 10.1. The molecular weight excluding hydrogens is 204 g/mol. The lowest BCUT2D eigenvalue weighted by Gasteiger charge is -2.31. The second-order valence-corrected chi connectivity index (χ2v) is 4.48. The fourth-order valence-corrected chi connectivity index (χ4v) is 1.87. The molecule has 1 fully saturated rings. The van der Waals surface area contributed by atoms with Crippen LogP contribution >= 0.6 is 0 Å². The monoisotopic (exact) mass is 226 g/mol. The van der Waals surface area contributed by atoms with Crippen LogP contribution in [0.2, 0.25) is 0 Å². The van der Waals surface area contributed by atoms with E-state index in [1.54, 1.807) is 11.9 Å². The standard InChI is InChI=1S/C12H22N2O2/c1-3-4-5-6-7-8-14-10-11(15)13(2)9-12(14)16/h3-10H2,1-2H3. The van der Waals surface area contributed by atoms with Crippen molar-refractivity contribution in [3.63, 3.8) is 0 Å². The molecule has 0 atom stereocenters. The van der Waals surface area contributed by atoms with E-state index in [4.69, 9.17) is 0 Å². The zero-order chi connectivity index (χ0) is 12.0. The Morgan fingerprint density at radius 2 is 1.69 bits per heavy atom. The van der Waals surface area contributed by atoms with E-state index in [9.17, 15) is 9.59 Å². The van der Waals surface area contributed by atoms with Crippen LogP contribution in [-0.2, 0) is 9.59 Å². The third-order valence-electron chi connectivity index (χ3n) is 3.01. The molecule has 92 valence electrons. The molecule has 1 aliphatic heterocycles. The van der Waals surface area contributed by atoms with E-state index in [1.807, 2.05) is 0 Å². The fourth-order valence-electron chi connectivity index (χ4n) is 1.87. The summed E-state index contributed by atoms with van der Waals surface area (Å²) in [6, 6.07) is 0. The first-order valence-electron chi connectivity index (χ1n) is 6.17. The van der Waals surface area contributed by atoms with Gasteiger partial charge in [0.1, 0.15) is 0 Å². The van der Waals surface area contributed by atoms with Gasteiger partial charge in [0, 0.05) is 13.6 Å². The van der Waals surface area contributed by atoms with Crippen molar-refractivity contribution in [3.8, 4) is 0 Å². The average molecular weight is 226 g/mol. The Labute approximate surface area is 97.6 Å². The van der Waals surface area contributed by atoms with Crippen molar-refractivity contribution >= 4 is 11.8 Å². The minimum atomic E-state index is 0.0492. The highest BCUT2D eigenvalue weighted by molar-refractivity contribution is 5.92. The van der Waals surface area contributed by atoms with E-state index in [-0.39, 0.29) is 24.9 Å². The number of likely N-dealkylation sites (N-methyl/N-ethyl adjacent to an activating group) is 1. The summed E-state index contributed by atoms with van der Waals surface area (Å²) in [6.07, 6.45) is 5.89. The molecule has 1 saturated heterocycles. The highest BCUT2D eigenvalue weighted by Gasteiger charge is 2.26. The summed E-state index contributed by atoms with van der Waals surface area (Å²) >= 11 is 0. The summed E-state index contributed by atoms with van der Waals surface area (Å²) in [5, 5.41) is 0. The van der Waals surface area contributed by atoms with E-state index >= 15 is 0 Å². The maximum absolute atomic E-state index is 11.6. The predicted octanol–water partition coefficient (Wildman–Crippen LogP) is 1.26. The van der Waals surface area contributed by atoms with Gasteiger partial charge in [0.25, 0.3) is 0 Å². The van der Waals surface area contributed by atoms with Gasteiger partial charge in [0.05, 0.1) is 13.1 Å². The van der Waals surface area contributed by atoms with Crippen LogP contribution in [0, 0.1) is 0 Å². The molecule has 0 aromatic carbocycles. The second-order valence-electron chi connectivity index (χ2n) is 4.48. The first-order chi connectivity index (χ1) is 7.65. The summed E-state index contributed by atoms with van der Waals surface area (Å²) in [5.74, 6) is 0.130. The van der Waals surface area contributed by atoms with Crippen molar-refractivity contribution in [1.29, 1.82) is 0 Å². The van der Waals surface area contributed by atoms with Gasteiger partial charge in [0.2, 0.25) is 11.8 Å². The van der Waals surface area contributed by atoms with E-state index < -0.39 is 0 Å². The number of hydrogen-bond donors (Lipinski definition) is 0. The third kappa shape index (κ3) is 3.83. The Hall–Kier alpha value is -1.06. The molecule has 0 aromatic heterocycles. The molecule has 4 heteroatoms. The topological polar surface area (TPSA) is 40.6 Å². The minimum Gasteiger partial charge on any atom is -0.335 e. The number of rotatable bonds is 6. The maximum atomic E-state index is 11.6. The van der Waals surface area contributed by atoms with Gasteiger partial charge in [-0.3, -0.25) is 9.59 Å². The Kier molecular flexibility index (Phi) is 5.29. The highest BCUT2D eigenvalue weighted by Crippen LogP contribution is 2.07. The van der Waals surface area contributed by atoms with E-state index in [0.29, 0.717) is 0 Å². The first-order valence-corrected chi connectivity index (χ1v) is 6.17. The first kappa shape index (κ1) is 13.0. The number of piperazine rings is 1. The van der Waals surface area contributed by atoms with Gasteiger partial charge in [-0.2, -0.15) is 0 Å². The fraction of sp³-hybridized carbons (Fsp3) is 0.833. The molecule has 16 heavy (non-hydrogen) atoms. The molecule has 1 heterocycles. The molecule has 0 aliphatic carbocycles. The SMILES string of the molecule is CCCCCCCN1CC(=O)N(C)CC1=O. The van der Waals surface area contributed by atoms with Crippen molar-refractivity contribution in [3.05, 3.63) is 0 Å². The van der Waals surface area contributed by atoms with Crippen molar-refractivity contribution in [2.24, 2.45) is 0 Å². The summed E-state index contributed by atoms with van der Waals surface area (Å²) in [7, 11) is 1.68. The van der Waals surface area contributed by atoms with Gasteiger partial charge >= 0.3 is 0 Å². The summed E-state index contributed by atoms with van der Waals surface area (Å²) in [6.45, 7) is 3.43. The van der Waals surface area contributed by atoms with Crippen LogP contribution in [0.1, 0.15) is 39.0 Å². The highest BCUT2D eigenvalue weighted by atomic mass is 16.2. The molecule has 4 nitrogen and oxygen atoms in total. The summed E-state index contributed by atoms with van der Waals surface area (Å²) in [4.78, 5) is 26.2. The molecular formula is C12H22N2O2. The van der Waals surface area contributed by atoms with Crippen LogP contribution < -0.4 is 0 Å². The Bertz CT molecular complexity index is 253. The number of hydrogen-bond acceptors (Lipinski definition) is 2. The minimum absolute atomic E-state index is 0.0492. The van der Waals surface area contributed by atoms with Crippen LogP contribution in [0.25, 0.3) is 0 Å². The predicted molar refractivity (Wildman–Crippen MR) is 63.0 cm³/mol. The Morgan fingerprint density at radius 1 is 1.00 bits per heavy atom. The lowest BCUT2D eigenvalue weighted by molar-refractivity contribution is -0.148. The number of unbranched alkanes of at least 4 members (excludes halogenated alkanes) is 4. The van der Waals surface area contributed by atoms with Gasteiger partial charge in [0.15, 0.2) is 0 Å². The van der Waals surface area contributed by atoms with Gasteiger partial charge in [-0.1, -0.05) is 32.6 Å². The summed E-state index contributed by atoms with van der Waals surface area (Å²) < 4.78 is 0.